The van der Waals surface area contributed by atoms with Crippen LogP contribution >= 0.6 is 0 Å². The first kappa shape index (κ1) is 22.5. The molecular formula is C4H6CoMnO4. The van der Waals surface area contributed by atoms with Crippen LogP contribution in [0.1, 0.15) is 13.8 Å². The van der Waals surface area contributed by atoms with Crippen LogP contribution in [0.3, 0.4) is 0 Å². The molecule has 0 aromatic rings. The molecule has 0 heterocycles. The summed E-state index contributed by atoms with van der Waals surface area (Å²) in [7, 11) is 0. The van der Waals surface area contributed by atoms with E-state index in [-0.39, 0.29) is 33.8 Å². The van der Waals surface area contributed by atoms with Crippen molar-refractivity contribution in [3.63, 3.8) is 0 Å². The maximum absolute atomic E-state index is 8.89. The van der Waals surface area contributed by atoms with Gasteiger partial charge in [-0.3, -0.25) is 0 Å². The minimum atomic E-state index is -1.08. The van der Waals surface area contributed by atoms with Gasteiger partial charge in [-0.05, 0) is 13.8 Å². The Balaban J connectivity index is -0.0000000300. The Bertz CT molecular complexity index is 75.3. The Labute approximate surface area is 79.7 Å². The van der Waals surface area contributed by atoms with Crippen molar-refractivity contribution in [2.24, 2.45) is 0 Å². The molecule has 0 aliphatic heterocycles. The molecule has 0 saturated heterocycles. The van der Waals surface area contributed by atoms with E-state index in [1.165, 1.54) is 0 Å². The number of hydrogen-bond acceptors (Lipinski definition) is 4. The summed E-state index contributed by atoms with van der Waals surface area (Å²) in [5.74, 6) is -2.17. The molecule has 0 spiro atoms. The van der Waals surface area contributed by atoms with E-state index in [1.54, 1.807) is 0 Å². The molecule has 0 aromatic carbocycles. The molecule has 10 heavy (non-hydrogen) atoms. The van der Waals surface area contributed by atoms with Crippen LogP contribution in [0.15, 0.2) is 0 Å². The van der Waals surface area contributed by atoms with Crippen LogP contribution in [0, 0.1) is 0 Å². The molecule has 0 saturated carbocycles. The first-order valence-corrected chi connectivity index (χ1v) is 1.82. The number of carbonyl (C=O) groups is 2. The van der Waals surface area contributed by atoms with Crippen molar-refractivity contribution in [3.05, 3.63) is 0 Å². The normalized spacial score (nSPS) is 5.00. The van der Waals surface area contributed by atoms with Gasteiger partial charge in [0.2, 0.25) is 0 Å². The van der Waals surface area contributed by atoms with Crippen LogP contribution in [-0.4, -0.2) is 11.9 Å². The molecule has 6 heteroatoms. The van der Waals surface area contributed by atoms with Gasteiger partial charge in [0.25, 0.3) is 0 Å². The molecule has 0 fully saturated rings. The Morgan fingerprint density at radius 3 is 1.00 bits per heavy atom. The summed E-state index contributed by atoms with van der Waals surface area (Å²) in [6.45, 7) is 1.94. The summed E-state index contributed by atoms with van der Waals surface area (Å²) in [4.78, 5) is 17.8. The second-order valence-corrected chi connectivity index (χ2v) is 0.983. The van der Waals surface area contributed by atoms with Crippen LogP contribution < -0.4 is 10.2 Å². The number of rotatable bonds is 0. The van der Waals surface area contributed by atoms with E-state index in [1.807, 2.05) is 0 Å². The number of carbonyl (C=O) groups excluding carboxylic acids is 2. The van der Waals surface area contributed by atoms with Crippen LogP contribution in [0.4, 0.5) is 0 Å². The zero-order valence-electron chi connectivity index (χ0n) is 5.34. The molecule has 62 valence electrons. The van der Waals surface area contributed by atoms with E-state index in [0.29, 0.717) is 0 Å². The second-order valence-electron chi connectivity index (χ2n) is 0.983. The average Bonchev–Trinajstić information content (AvgIpc) is 1.25. The average molecular weight is 232 g/mol. The van der Waals surface area contributed by atoms with Gasteiger partial charge in [0, 0.05) is 28.7 Å². The van der Waals surface area contributed by atoms with E-state index in [9.17, 15) is 0 Å². The molecule has 0 N–H and O–H groups in total. The second kappa shape index (κ2) is 16.0. The summed E-state index contributed by atoms with van der Waals surface area (Å²) in [6.07, 6.45) is 0. The number of carboxylic acid groups (broad SMARTS) is 2. The number of aliphatic carboxylic acids is 2. The summed E-state index contributed by atoms with van der Waals surface area (Å²) >= 11 is 0. The molecule has 2 radical (unpaired) electrons. The Kier molecular flexibility index (Phi) is 36.0. The van der Waals surface area contributed by atoms with Gasteiger partial charge in [0.05, 0.1) is 0 Å². The third-order valence-electron chi connectivity index (χ3n) is 0. The largest absolute Gasteiger partial charge is 2.00 e. The summed E-state index contributed by atoms with van der Waals surface area (Å²) in [5, 5.41) is 17.8. The maximum Gasteiger partial charge on any atom is 2.00 e. The van der Waals surface area contributed by atoms with Crippen LogP contribution in [-0.2, 0) is 43.4 Å². The van der Waals surface area contributed by atoms with E-state index in [2.05, 4.69) is 0 Å². The van der Waals surface area contributed by atoms with Gasteiger partial charge in [-0.25, -0.2) is 0 Å². The van der Waals surface area contributed by atoms with Gasteiger partial charge in [0.15, 0.2) is 0 Å². The molecule has 0 aliphatic carbocycles. The van der Waals surface area contributed by atoms with Gasteiger partial charge >= 0.3 is 17.1 Å². The first-order valence-electron chi connectivity index (χ1n) is 1.82. The zero-order valence-corrected chi connectivity index (χ0v) is 7.57. The summed E-state index contributed by atoms with van der Waals surface area (Å²) in [5.41, 5.74) is 0. The van der Waals surface area contributed by atoms with E-state index in [4.69, 9.17) is 19.8 Å². The van der Waals surface area contributed by atoms with Crippen molar-refractivity contribution in [3.8, 4) is 0 Å². The molecule has 0 bridgehead atoms. The smallest absolute Gasteiger partial charge is 0.550 e. The molecule has 0 aromatic heterocycles. The zero-order chi connectivity index (χ0) is 7.15. The van der Waals surface area contributed by atoms with E-state index < -0.39 is 11.9 Å². The van der Waals surface area contributed by atoms with Gasteiger partial charge in [-0.1, -0.05) is 0 Å². The SMILES string of the molecule is CC(=O)[O-].CC(=O)[O-].[Co].[Mn+2]. The third kappa shape index (κ3) is 334000. The standard InChI is InChI=1S/2C2H4O2.Co.Mn/c2*1-2(3)4;;/h2*1H3,(H,3,4);;/q;;;+2/p-2. The van der Waals surface area contributed by atoms with Crippen molar-refractivity contribution in [2.45, 2.75) is 13.8 Å². The quantitative estimate of drug-likeness (QED) is 0.432. The van der Waals surface area contributed by atoms with Crippen molar-refractivity contribution in [2.75, 3.05) is 0 Å². The Morgan fingerprint density at radius 1 is 1.00 bits per heavy atom. The van der Waals surface area contributed by atoms with E-state index >= 15 is 0 Å². The van der Waals surface area contributed by atoms with Crippen molar-refractivity contribution < 1.29 is 53.6 Å². The predicted octanol–water partition coefficient (Wildman–Crippen LogP) is -2.49. The Morgan fingerprint density at radius 2 is 1.00 bits per heavy atom. The van der Waals surface area contributed by atoms with Crippen LogP contribution in [0.5, 0.6) is 0 Å². The molecule has 0 aliphatic rings. The molecule has 0 unspecified atom stereocenters. The fourth-order valence-corrected chi connectivity index (χ4v) is 0. The van der Waals surface area contributed by atoms with Gasteiger partial charge in [-0.15, -0.1) is 0 Å². The fourth-order valence-electron chi connectivity index (χ4n) is 0. The minimum Gasteiger partial charge on any atom is -0.550 e. The van der Waals surface area contributed by atoms with Crippen molar-refractivity contribution >= 4 is 11.9 Å². The fraction of sp³-hybridized carbons (Fsp3) is 0.500. The third-order valence-corrected chi connectivity index (χ3v) is 0. The van der Waals surface area contributed by atoms with Crippen molar-refractivity contribution in [1.82, 2.24) is 0 Å². The van der Waals surface area contributed by atoms with Crippen LogP contribution in [0.2, 0.25) is 0 Å². The Hall–Kier alpha value is -0.0340. The molecule has 0 atom stereocenters. The number of hydrogen-bond donors (Lipinski definition) is 0. The first-order chi connectivity index (χ1) is 3.46. The molecule has 4 nitrogen and oxygen atoms in total. The van der Waals surface area contributed by atoms with Gasteiger partial charge in [0.1, 0.15) is 0 Å². The molecule has 0 amide bonds. The van der Waals surface area contributed by atoms with Crippen LogP contribution in [0.25, 0.3) is 0 Å². The molecule has 0 rings (SSSR count). The summed E-state index contributed by atoms with van der Waals surface area (Å²) in [6, 6.07) is 0. The topological polar surface area (TPSA) is 80.3 Å². The predicted molar refractivity (Wildman–Crippen MR) is 21.4 cm³/mol. The minimum absolute atomic E-state index is 0. The number of carboxylic acids is 2. The van der Waals surface area contributed by atoms with Gasteiger partial charge < -0.3 is 19.8 Å². The van der Waals surface area contributed by atoms with Gasteiger partial charge in [-0.2, -0.15) is 0 Å². The summed E-state index contributed by atoms with van der Waals surface area (Å²) < 4.78 is 0. The van der Waals surface area contributed by atoms with E-state index in [0.717, 1.165) is 13.8 Å². The molecular weight excluding hydrogens is 226 g/mol. The maximum atomic E-state index is 8.89. The monoisotopic (exact) mass is 232 g/mol. The van der Waals surface area contributed by atoms with Crippen molar-refractivity contribution in [1.29, 1.82) is 0 Å².